The van der Waals surface area contributed by atoms with Gasteiger partial charge in [0.1, 0.15) is 0 Å². The molecule has 20 heavy (non-hydrogen) atoms. The standard InChI is InChI=1S/C13H22N2O5/c1-9-8-20-11(7-16)6-15(9)13(19)14-4-2-3-10(14)5-12(17)18/h9-11,16H,2-8H2,1H3,(H,17,18). The van der Waals surface area contributed by atoms with Gasteiger partial charge in [0.2, 0.25) is 0 Å². The maximum atomic E-state index is 12.6. The Labute approximate surface area is 118 Å². The number of carboxylic acid groups (broad SMARTS) is 1. The van der Waals surface area contributed by atoms with Gasteiger partial charge in [-0.2, -0.15) is 0 Å². The number of rotatable bonds is 3. The van der Waals surface area contributed by atoms with E-state index < -0.39 is 5.97 Å². The lowest BCUT2D eigenvalue weighted by atomic mass is 10.1. The Hall–Kier alpha value is -1.34. The van der Waals surface area contributed by atoms with Crippen molar-refractivity contribution in [2.75, 3.05) is 26.3 Å². The molecular formula is C13H22N2O5. The normalized spacial score (nSPS) is 30.6. The highest BCUT2D eigenvalue weighted by Crippen LogP contribution is 2.24. The first-order valence-electron chi connectivity index (χ1n) is 7.04. The molecule has 2 heterocycles. The number of aliphatic carboxylic acids is 1. The minimum Gasteiger partial charge on any atom is -0.481 e. The second kappa shape index (κ2) is 6.41. The Balaban J connectivity index is 2.03. The van der Waals surface area contributed by atoms with E-state index in [2.05, 4.69) is 0 Å². The first-order valence-corrected chi connectivity index (χ1v) is 7.04. The molecule has 0 aromatic heterocycles. The van der Waals surface area contributed by atoms with Gasteiger partial charge in [-0.25, -0.2) is 4.79 Å². The fraction of sp³-hybridized carbons (Fsp3) is 0.846. The molecule has 2 saturated heterocycles. The smallest absolute Gasteiger partial charge is 0.320 e. The Kier molecular flexibility index (Phi) is 4.82. The van der Waals surface area contributed by atoms with Crippen molar-refractivity contribution in [3.05, 3.63) is 0 Å². The number of carbonyl (C=O) groups excluding carboxylic acids is 1. The van der Waals surface area contributed by atoms with E-state index >= 15 is 0 Å². The maximum Gasteiger partial charge on any atom is 0.320 e. The van der Waals surface area contributed by atoms with Gasteiger partial charge < -0.3 is 24.7 Å². The number of urea groups is 1. The van der Waals surface area contributed by atoms with Crippen LogP contribution < -0.4 is 0 Å². The molecule has 0 radical (unpaired) electrons. The van der Waals surface area contributed by atoms with Crippen LogP contribution >= 0.6 is 0 Å². The lowest BCUT2D eigenvalue weighted by Gasteiger charge is -2.40. The van der Waals surface area contributed by atoms with E-state index in [-0.39, 0.29) is 37.2 Å². The fourth-order valence-corrected chi connectivity index (χ4v) is 2.86. The zero-order valence-corrected chi connectivity index (χ0v) is 11.7. The summed E-state index contributed by atoms with van der Waals surface area (Å²) in [6, 6.07) is -0.415. The van der Waals surface area contributed by atoms with E-state index in [9.17, 15) is 9.59 Å². The van der Waals surface area contributed by atoms with Gasteiger partial charge in [-0.15, -0.1) is 0 Å². The average molecular weight is 286 g/mol. The molecule has 0 aliphatic carbocycles. The van der Waals surface area contributed by atoms with Crippen LogP contribution in [0.2, 0.25) is 0 Å². The van der Waals surface area contributed by atoms with Crippen molar-refractivity contribution in [1.82, 2.24) is 9.80 Å². The van der Waals surface area contributed by atoms with Crippen molar-refractivity contribution in [3.8, 4) is 0 Å². The van der Waals surface area contributed by atoms with Gasteiger partial charge in [0, 0.05) is 12.6 Å². The number of carbonyl (C=O) groups is 2. The summed E-state index contributed by atoms with van der Waals surface area (Å²) < 4.78 is 5.42. The molecule has 0 aromatic rings. The average Bonchev–Trinajstić information content (AvgIpc) is 2.86. The summed E-state index contributed by atoms with van der Waals surface area (Å²) in [5.74, 6) is -0.877. The highest BCUT2D eigenvalue weighted by molar-refractivity contribution is 5.77. The summed E-state index contributed by atoms with van der Waals surface area (Å²) in [7, 11) is 0. The van der Waals surface area contributed by atoms with Crippen LogP contribution in [-0.2, 0) is 9.53 Å². The number of ether oxygens (including phenoxy) is 1. The molecule has 7 nitrogen and oxygen atoms in total. The Morgan fingerprint density at radius 3 is 2.75 bits per heavy atom. The number of carboxylic acids is 1. The van der Waals surface area contributed by atoms with Crippen molar-refractivity contribution in [1.29, 1.82) is 0 Å². The highest BCUT2D eigenvalue weighted by atomic mass is 16.5. The van der Waals surface area contributed by atoms with Crippen LogP contribution in [0.15, 0.2) is 0 Å². The second-order valence-corrected chi connectivity index (χ2v) is 5.51. The van der Waals surface area contributed by atoms with Crippen LogP contribution in [0, 0.1) is 0 Å². The number of likely N-dealkylation sites (tertiary alicyclic amines) is 1. The molecular weight excluding hydrogens is 264 g/mol. The van der Waals surface area contributed by atoms with E-state index in [1.54, 1.807) is 9.80 Å². The summed E-state index contributed by atoms with van der Waals surface area (Å²) in [5.41, 5.74) is 0. The molecule has 0 spiro atoms. The van der Waals surface area contributed by atoms with Gasteiger partial charge in [0.15, 0.2) is 0 Å². The third-order valence-electron chi connectivity index (χ3n) is 3.99. The molecule has 2 rings (SSSR count). The van der Waals surface area contributed by atoms with Gasteiger partial charge in [-0.3, -0.25) is 4.79 Å². The number of aliphatic hydroxyl groups excluding tert-OH is 1. The van der Waals surface area contributed by atoms with Crippen LogP contribution in [-0.4, -0.2) is 76.5 Å². The molecule has 3 unspecified atom stereocenters. The van der Waals surface area contributed by atoms with Crippen LogP contribution in [0.5, 0.6) is 0 Å². The van der Waals surface area contributed by atoms with E-state index in [4.69, 9.17) is 14.9 Å². The number of nitrogens with zero attached hydrogens (tertiary/aromatic N) is 2. The molecule has 2 amide bonds. The summed E-state index contributed by atoms with van der Waals surface area (Å²) in [5, 5.41) is 18.1. The topological polar surface area (TPSA) is 90.3 Å². The zero-order chi connectivity index (χ0) is 14.7. The number of morpholine rings is 1. The monoisotopic (exact) mass is 286 g/mol. The Morgan fingerprint density at radius 1 is 1.35 bits per heavy atom. The molecule has 0 aromatic carbocycles. The number of aliphatic hydroxyl groups is 1. The third kappa shape index (κ3) is 3.21. The summed E-state index contributed by atoms with van der Waals surface area (Å²) >= 11 is 0. The largest absolute Gasteiger partial charge is 0.481 e. The molecule has 2 N–H and O–H groups in total. The van der Waals surface area contributed by atoms with E-state index in [0.29, 0.717) is 19.7 Å². The van der Waals surface area contributed by atoms with Crippen molar-refractivity contribution >= 4 is 12.0 Å². The SMILES string of the molecule is CC1COC(CO)CN1C(=O)N1CCCC1CC(=O)O. The lowest BCUT2D eigenvalue weighted by Crippen LogP contribution is -2.56. The van der Waals surface area contributed by atoms with Crippen LogP contribution in [0.4, 0.5) is 4.79 Å². The number of amides is 2. The third-order valence-corrected chi connectivity index (χ3v) is 3.99. The molecule has 2 aliphatic heterocycles. The molecule has 114 valence electrons. The second-order valence-electron chi connectivity index (χ2n) is 5.51. The van der Waals surface area contributed by atoms with Gasteiger partial charge in [0.05, 0.1) is 38.3 Å². The molecule has 3 atom stereocenters. The molecule has 0 bridgehead atoms. The molecule has 0 saturated carbocycles. The first-order chi connectivity index (χ1) is 9.52. The Morgan fingerprint density at radius 2 is 2.10 bits per heavy atom. The number of hydrogen-bond donors (Lipinski definition) is 2. The highest BCUT2D eigenvalue weighted by Gasteiger charge is 2.37. The van der Waals surface area contributed by atoms with Crippen LogP contribution in [0.25, 0.3) is 0 Å². The van der Waals surface area contributed by atoms with Crippen molar-refractivity contribution in [2.45, 2.75) is 44.4 Å². The van der Waals surface area contributed by atoms with Crippen molar-refractivity contribution < 1.29 is 24.5 Å². The zero-order valence-electron chi connectivity index (χ0n) is 11.7. The predicted molar refractivity (Wildman–Crippen MR) is 70.4 cm³/mol. The quantitative estimate of drug-likeness (QED) is 0.769. The van der Waals surface area contributed by atoms with E-state index in [0.717, 1.165) is 12.8 Å². The Bertz CT molecular complexity index is 376. The van der Waals surface area contributed by atoms with Crippen molar-refractivity contribution in [3.63, 3.8) is 0 Å². The summed E-state index contributed by atoms with van der Waals surface area (Å²) in [4.78, 5) is 26.8. The predicted octanol–water partition coefficient (Wildman–Crippen LogP) is 0.127. The van der Waals surface area contributed by atoms with Gasteiger partial charge >= 0.3 is 12.0 Å². The van der Waals surface area contributed by atoms with Gasteiger partial charge in [0.25, 0.3) is 0 Å². The van der Waals surface area contributed by atoms with E-state index in [1.807, 2.05) is 6.92 Å². The minimum atomic E-state index is -0.877. The van der Waals surface area contributed by atoms with E-state index in [1.165, 1.54) is 0 Å². The van der Waals surface area contributed by atoms with Crippen molar-refractivity contribution in [2.24, 2.45) is 0 Å². The molecule has 2 aliphatic rings. The van der Waals surface area contributed by atoms with Gasteiger partial charge in [-0.05, 0) is 19.8 Å². The fourth-order valence-electron chi connectivity index (χ4n) is 2.86. The lowest BCUT2D eigenvalue weighted by molar-refractivity contribution is -0.138. The summed E-state index contributed by atoms with van der Waals surface area (Å²) in [6.45, 7) is 3.13. The van der Waals surface area contributed by atoms with Crippen LogP contribution in [0.3, 0.4) is 0 Å². The molecule has 7 heteroatoms. The van der Waals surface area contributed by atoms with Gasteiger partial charge in [-0.1, -0.05) is 0 Å². The summed E-state index contributed by atoms with van der Waals surface area (Å²) in [6.07, 6.45) is 1.22. The number of hydrogen-bond acceptors (Lipinski definition) is 4. The van der Waals surface area contributed by atoms with Crippen LogP contribution in [0.1, 0.15) is 26.2 Å². The molecule has 2 fully saturated rings. The minimum absolute atomic E-state index is 0.00606. The maximum absolute atomic E-state index is 12.6. The first kappa shape index (κ1) is 15.1.